The van der Waals surface area contributed by atoms with E-state index in [-0.39, 0.29) is 23.6 Å². The van der Waals surface area contributed by atoms with Crippen LogP contribution in [0.3, 0.4) is 0 Å². The van der Waals surface area contributed by atoms with Crippen LogP contribution in [0.1, 0.15) is 28.4 Å². The molecule has 0 aliphatic carbocycles. The van der Waals surface area contributed by atoms with Gasteiger partial charge in [-0.1, -0.05) is 90.1 Å². The summed E-state index contributed by atoms with van der Waals surface area (Å²) in [5.74, 6) is 0.211. The van der Waals surface area contributed by atoms with Crippen molar-refractivity contribution >= 4 is 56.4 Å². The Labute approximate surface area is 259 Å². The number of aryl methyl sites for hydroxylation is 1. The average molecular weight is 601 g/mol. The number of piperazine rings is 1. The van der Waals surface area contributed by atoms with Crippen LogP contribution in [0.25, 0.3) is 32.8 Å². The summed E-state index contributed by atoms with van der Waals surface area (Å²) in [7, 11) is 0. The molecule has 2 aromatic heterocycles. The van der Waals surface area contributed by atoms with E-state index >= 15 is 0 Å². The fourth-order valence-electron chi connectivity index (χ4n) is 6.11. The van der Waals surface area contributed by atoms with Crippen molar-refractivity contribution in [2.24, 2.45) is 0 Å². The molecule has 1 fully saturated rings. The van der Waals surface area contributed by atoms with Crippen LogP contribution >= 0.6 is 11.8 Å². The third kappa shape index (κ3) is 5.28. The molecule has 7 rings (SSSR count). The van der Waals surface area contributed by atoms with Crippen molar-refractivity contribution < 1.29 is 9.59 Å². The van der Waals surface area contributed by atoms with Gasteiger partial charge in [-0.15, -0.1) is 10.2 Å². The Bertz CT molecular complexity index is 2020. The van der Waals surface area contributed by atoms with Gasteiger partial charge in [0.05, 0.1) is 11.3 Å². The number of hydrogen-bond acceptors (Lipinski definition) is 6. The fourth-order valence-corrected chi connectivity index (χ4v) is 6.80. The van der Waals surface area contributed by atoms with E-state index < -0.39 is 0 Å². The largest absolute Gasteiger partial charge is 0.338 e. The second kappa shape index (κ2) is 11.7. The molecule has 0 radical (unpaired) electrons. The Morgan fingerprint density at radius 3 is 2.52 bits per heavy atom. The summed E-state index contributed by atoms with van der Waals surface area (Å²) in [6.45, 7) is 6.19. The van der Waals surface area contributed by atoms with E-state index in [9.17, 15) is 9.59 Å². The molecule has 0 N–H and O–H groups in total. The van der Waals surface area contributed by atoms with Gasteiger partial charge in [-0.3, -0.25) is 9.59 Å². The van der Waals surface area contributed by atoms with Gasteiger partial charge in [-0.25, -0.2) is 4.98 Å². The topological polar surface area (TPSA) is 84.2 Å². The number of fused-ring (bicyclic) bond motifs is 4. The number of hydrogen-bond donors (Lipinski definition) is 0. The maximum absolute atomic E-state index is 13.5. The second-order valence-corrected chi connectivity index (χ2v) is 12.3. The van der Waals surface area contributed by atoms with Gasteiger partial charge in [-0.2, -0.15) is 0 Å². The first-order valence-corrected chi connectivity index (χ1v) is 15.8. The first-order valence-electron chi connectivity index (χ1n) is 14.8. The molecule has 4 aromatic carbocycles. The van der Waals surface area contributed by atoms with Crippen LogP contribution in [0.5, 0.6) is 0 Å². The Kier molecular flexibility index (Phi) is 7.47. The van der Waals surface area contributed by atoms with Crippen LogP contribution in [0, 0.1) is 6.92 Å². The van der Waals surface area contributed by atoms with E-state index in [1.54, 1.807) is 0 Å². The number of nitrogens with zero attached hydrogens (tertiary/aromatic N) is 6. The molecular formula is C35H32N6O2S. The average Bonchev–Trinajstić information content (AvgIpc) is 3.34. The van der Waals surface area contributed by atoms with Gasteiger partial charge in [0, 0.05) is 43.2 Å². The molecule has 220 valence electrons. The quantitative estimate of drug-likeness (QED) is 0.220. The van der Waals surface area contributed by atoms with Crippen LogP contribution in [0.2, 0.25) is 0 Å². The van der Waals surface area contributed by atoms with E-state index in [1.165, 1.54) is 17.3 Å². The molecule has 8 nitrogen and oxygen atoms in total. The lowest BCUT2D eigenvalue weighted by molar-refractivity contribution is -0.130. The Morgan fingerprint density at radius 2 is 1.68 bits per heavy atom. The number of thioether (sulfide) groups is 1. The van der Waals surface area contributed by atoms with E-state index in [0.29, 0.717) is 36.9 Å². The molecule has 6 aromatic rings. The first-order chi connectivity index (χ1) is 21.5. The molecular weight excluding hydrogens is 568 g/mol. The van der Waals surface area contributed by atoms with E-state index in [1.807, 2.05) is 77.4 Å². The summed E-state index contributed by atoms with van der Waals surface area (Å²) in [5.41, 5.74) is 5.59. The van der Waals surface area contributed by atoms with E-state index in [0.717, 1.165) is 38.4 Å². The van der Waals surface area contributed by atoms with Crippen LogP contribution in [-0.2, 0) is 11.3 Å². The highest BCUT2D eigenvalue weighted by atomic mass is 32.2. The third-order valence-corrected chi connectivity index (χ3v) is 9.19. The lowest BCUT2D eigenvalue weighted by Gasteiger charge is -2.40. The summed E-state index contributed by atoms with van der Waals surface area (Å²) < 4.78 is 2.17. The van der Waals surface area contributed by atoms with Crippen LogP contribution in [0.4, 0.5) is 0 Å². The van der Waals surface area contributed by atoms with Crippen molar-refractivity contribution in [1.29, 1.82) is 0 Å². The van der Waals surface area contributed by atoms with Crippen LogP contribution in [0.15, 0.2) is 96.2 Å². The maximum atomic E-state index is 13.5. The highest BCUT2D eigenvalue weighted by molar-refractivity contribution is 7.99. The summed E-state index contributed by atoms with van der Waals surface area (Å²) in [6, 6.07) is 30.3. The van der Waals surface area contributed by atoms with Crippen molar-refractivity contribution in [2.75, 3.05) is 25.4 Å². The lowest BCUT2D eigenvalue weighted by Crippen LogP contribution is -2.55. The first kappa shape index (κ1) is 28.0. The van der Waals surface area contributed by atoms with Gasteiger partial charge >= 0.3 is 0 Å². The number of amides is 2. The lowest BCUT2D eigenvalue weighted by atomic mass is 10.0. The number of aromatic nitrogens is 4. The minimum atomic E-state index is -0.101. The number of rotatable bonds is 6. The fraction of sp³-hybridized carbons (Fsp3) is 0.229. The molecule has 1 unspecified atom stereocenters. The molecule has 44 heavy (non-hydrogen) atoms. The SMILES string of the molecule is Cc1ccc2c(c1)c1nnc(SCC(=O)N3CCN(C(=O)c4cccc5ccccc45)C(C)C3)nc1n2Cc1ccccc1. The molecule has 9 heteroatoms. The van der Waals surface area contributed by atoms with Crippen molar-refractivity contribution in [3.8, 4) is 0 Å². The molecule has 1 aliphatic rings. The summed E-state index contributed by atoms with van der Waals surface area (Å²) in [6.07, 6.45) is 0. The Morgan fingerprint density at radius 1 is 0.886 bits per heavy atom. The van der Waals surface area contributed by atoms with Gasteiger partial charge in [0.1, 0.15) is 5.52 Å². The van der Waals surface area contributed by atoms with Gasteiger partial charge in [0.25, 0.3) is 5.91 Å². The smallest absolute Gasteiger partial charge is 0.254 e. The Hall–Kier alpha value is -4.76. The van der Waals surface area contributed by atoms with Crippen LogP contribution in [-0.4, -0.2) is 72.8 Å². The standard InChI is InChI=1S/C35H32N6O2S/c1-23-15-16-30-29(19-23)32-33(41(30)21-25-9-4-3-5-10-25)36-35(38-37-32)44-22-31(42)39-17-18-40(24(2)20-39)34(43)28-14-8-12-26-11-6-7-13-27(26)28/h3-16,19,24H,17-18,20-22H2,1-2H3. The van der Waals surface area contributed by atoms with E-state index in [4.69, 9.17) is 4.98 Å². The zero-order valence-electron chi connectivity index (χ0n) is 24.7. The Balaban J connectivity index is 1.06. The molecule has 2 amide bonds. The summed E-state index contributed by atoms with van der Waals surface area (Å²) in [4.78, 5) is 35.5. The molecule has 1 saturated heterocycles. The van der Waals surface area contributed by atoms with Gasteiger partial charge < -0.3 is 14.4 Å². The molecule has 3 heterocycles. The second-order valence-electron chi connectivity index (χ2n) is 11.4. The summed E-state index contributed by atoms with van der Waals surface area (Å²) >= 11 is 1.30. The minimum Gasteiger partial charge on any atom is -0.338 e. The minimum absolute atomic E-state index is 0.00302. The van der Waals surface area contributed by atoms with E-state index in [2.05, 4.69) is 52.0 Å². The summed E-state index contributed by atoms with van der Waals surface area (Å²) in [5, 5.41) is 12.5. The van der Waals surface area contributed by atoms with Crippen molar-refractivity contribution in [3.63, 3.8) is 0 Å². The molecule has 1 aliphatic heterocycles. The van der Waals surface area contributed by atoms with Gasteiger partial charge in [0.2, 0.25) is 11.1 Å². The number of carbonyl (C=O) groups excluding carboxylic acids is 2. The predicted octanol–water partition coefficient (Wildman–Crippen LogP) is 5.95. The normalized spacial score (nSPS) is 15.4. The molecule has 0 spiro atoms. The maximum Gasteiger partial charge on any atom is 0.254 e. The highest BCUT2D eigenvalue weighted by Crippen LogP contribution is 2.29. The van der Waals surface area contributed by atoms with Crippen molar-refractivity contribution in [2.45, 2.75) is 31.6 Å². The zero-order chi connectivity index (χ0) is 30.2. The van der Waals surface area contributed by atoms with Crippen molar-refractivity contribution in [1.82, 2.24) is 29.5 Å². The molecule has 0 saturated carbocycles. The zero-order valence-corrected chi connectivity index (χ0v) is 25.5. The third-order valence-electron chi connectivity index (χ3n) is 8.37. The molecule has 1 atom stereocenters. The highest BCUT2D eigenvalue weighted by Gasteiger charge is 2.31. The van der Waals surface area contributed by atoms with Gasteiger partial charge in [-0.05, 0) is 48.4 Å². The predicted molar refractivity (Wildman–Crippen MR) is 175 cm³/mol. The number of carbonyl (C=O) groups is 2. The monoisotopic (exact) mass is 600 g/mol. The van der Waals surface area contributed by atoms with Crippen LogP contribution < -0.4 is 0 Å². The van der Waals surface area contributed by atoms with Gasteiger partial charge in [0.15, 0.2) is 5.65 Å². The molecule has 0 bridgehead atoms. The van der Waals surface area contributed by atoms with Crippen molar-refractivity contribution in [3.05, 3.63) is 108 Å². The number of benzene rings is 4.